The lowest BCUT2D eigenvalue weighted by molar-refractivity contribution is 0.599. The molecular formula is C12H16N4O2S. The van der Waals surface area contributed by atoms with E-state index >= 15 is 0 Å². The minimum absolute atomic E-state index is 0.243. The molecule has 0 spiro atoms. The van der Waals surface area contributed by atoms with Crippen molar-refractivity contribution in [2.45, 2.75) is 18.7 Å². The molecule has 0 bridgehead atoms. The minimum Gasteiger partial charge on any atom is -0.399 e. The van der Waals surface area contributed by atoms with E-state index in [0.717, 1.165) is 0 Å². The largest absolute Gasteiger partial charge is 0.399 e. The second kappa shape index (κ2) is 4.58. The van der Waals surface area contributed by atoms with Crippen molar-refractivity contribution in [1.82, 2.24) is 9.78 Å². The molecule has 102 valence electrons. The van der Waals surface area contributed by atoms with E-state index in [9.17, 15) is 8.42 Å². The van der Waals surface area contributed by atoms with Crippen LogP contribution in [-0.2, 0) is 17.1 Å². The third-order valence-electron chi connectivity index (χ3n) is 2.70. The molecule has 0 saturated carbocycles. The van der Waals surface area contributed by atoms with Crippen LogP contribution in [0, 0.1) is 13.8 Å². The van der Waals surface area contributed by atoms with Gasteiger partial charge >= 0.3 is 0 Å². The predicted molar refractivity (Wildman–Crippen MR) is 74.3 cm³/mol. The number of sulfonamides is 1. The molecule has 0 fully saturated rings. The highest BCUT2D eigenvalue weighted by Gasteiger charge is 2.20. The Morgan fingerprint density at radius 1 is 1.26 bits per heavy atom. The monoisotopic (exact) mass is 280 g/mol. The van der Waals surface area contributed by atoms with Gasteiger partial charge in [0.15, 0.2) is 5.82 Å². The lowest BCUT2D eigenvalue weighted by Gasteiger charge is -2.12. The molecule has 3 N–H and O–H groups in total. The normalized spacial score (nSPS) is 11.5. The van der Waals surface area contributed by atoms with Gasteiger partial charge in [-0.2, -0.15) is 5.10 Å². The fourth-order valence-electron chi connectivity index (χ4n) is 2.07. The molecule has 1 heterocycles. The van der Waals surface area contributed by atoms with Crippen LogP contribution in [0.5, 0.6) is 0 Å². The second-order valence-corrected chi connectivity index (χ2v) is 6.08. The number of aryl methyl sites for hydroxylation is 3. The van der Waals surface area contributed by atoms with Crippen molar-refractivity contribution in [3.63, 3.8) is 0 Å². The number of benzene rings is 1. The van der Waals surface area contributed by atoms with Gasteiger partial charge in [-0.3, -0.25) is 9.40 Å². The topological polar surface area (TPSA) is 90.0 Å². The summed E-state index contributed by atoms with van der Waals surface area (Å²) >= 11 is 0. The Kier molecular flexibility index (Phi) is 3.23. The van der Waals surface area contributed by atoms with Gasteiger partial charge < -0.3 is 5.73 Å². The number of nitrogens with one attached hydrogen (secondary N) is 1. The van der Waals surface area contributed by atoms with Crippen LogP contribution in [0.3, 0.4) is 0 Å². The maximum Gasteiger partial charge on any atom is 0.263 e. The van der Waals surface area contributed by atoms with Gasteiger partial charge in [0.05, 0.1) is 4.90 Å². The van der Waals surface area contributed by atoms with Crippen molar-refractivity contribution in [1.29, 1.82) is 0 Å². The van der Waals surface area contributed by atoms with Crippen molar-refractivity contribution >= 4 is 21.5 Å². The number of nitrogens with two attached hydrogens (primary N) is 1. The third kappa shape index (κ3) is 2.70. The molecule has 6 nitrogen and oxygen atoms in total. The minimum atomic E-state index is -3.66. The Morgan fingerprint density at radius 3 is 2.32 bits per heavy atom. The third-order valence-corrected chi connectivity index (χ3v) is 4.36. The number of hydrogen-bond donors (Lipinski definition) is 2. The number of hydrogen-bond acceptors (Lipinski definition) is 4. The van der Waals surface area contributed by atoms with Gasteiger partial charge in [0.25, 0.3) is 10.0 Å². The van der Waals surface area contributed by atoms with E-state index < -0.39 is 10.0 Å². The Balaban J connectivity index is 2.45. The molecular weight excluding hydrogens is 264 g/mol. The molecule has 0 unspecified atom stereocenters. The summed E-state index contributed by atoms with van der Waals surface area (Å²) in [6, 6.07) is 4.87. The summed E-state index contributed by atoms with van der Waals surface area (Å²) in [6.07, 6.45) is 1.67. The highest BCUT2D eigenvalue weighted by molar-refractivity contribution is 7.92. The molecule has 0 saturated heterocycles. The smallest absolute Gasteiger partial charge is 0.263 e. The van der Waals surface area contributed by atoms with Crippen molar-refractivity contribution in [3.8, 4) is 0 Å². The average molecular weight is 280 g/mol. The summed E-state index contributed by atoms with van der Waals surface area (Å²) in [4.78, 5) is 0.243. The summed E-state index contributed by atoms with van der Waals surface area (Å²) in [6.45, 7) is 3.44. The summed E-state index contributed by atoms with van der Waals surface area (Å²) in [7, 11) is -1.94. The maximum atomic E-state index is 12.4. The first-order chi connectivity index (χ1) is 8.79. The van der Waals surface area contributed by atoms with Crippen LogP contribution in [-0.4, -0.2) is 18.2 Å². The zero-order valence-electron chi connectivity index (χ0n) is 11.0. The van der Waals surface area contributed by atoms with Crippen molar-refractivity contribution in [2.24, 2.45) is 7.05 Å². The molecule has 0 atom stereocenters. The van der Waals surface area contributed by atoms with Gasteiger partial charge in [0.1, 0.15) is 0 Å². The molecule has 19 heavy (non-hydrogen) atoms. The van der Waals surface area contributed by atoms with Crippen LogP contribution in [0.15, 0.2) is 29.3 Å². The molecule has 1 aromatic carbocycles. The van der Waals surface area contributed by atoms with Crippen LogP contribution in [0.4, 0.5) is 11.5 Å². The fraction of sp³-hybridized carbons (Fsp3) is 0.250. The van der Waals surface area contributed by atoms with E-state index in [-0.39, 0.29) is 10.7 Å². The molecule has 7 heteroatoms. The van der Waals surface area contributed by atoms with Crippen LogP contribution < -0.4 is 10.5 Å². The summed E-state index contributed by atoms with van der Waals surface area (Å²) in [5.41, 5.74) is 7.47. The summed E-state index contributed by atoms with van der Waals surface area (Å²) in [5.74, 6) is 0.290. The molecule has 0 aliphatic carbocycles. The average Bonchev–Trinajstić information content (AvgIpc) is 2.60. The number of nitrogen functional groups attached to an aromatic ring is 1. The second-order valence-electron chi connectivity index (χ2n) is 4.46. The predicted octanol–water partition coefficient (Wildman–Crippen LogP) is 1.42. The molecule has 2 aromatic rings. The van der Waals surface area contributed by atoms with E-state index in [1.807, 2.05) is 0 Å². The molecule has 0 aliphatic heterocycles. The van der Waals surface area contributed by atoms with E-state index in [0.29, 0.717) is 16.8 Å². The number of anilines is 2. The van der Waals surface area contributed by atoms with Crippen LogP contribution in [0.1, 0.15) is 11.1 Å². The van der Waals surface area contributed by atoms with Crippen molar-refractivity contribution in [3.05, 3.63) is 35.5 Å². The van der Waals surface area contributed by atoms with Crippen LogP contribution in [0.25, 0.3) is 0 Å². The Bertz CT molecular complexity index is 696. The van der Waals surface area contributed by atoms with E-state index in [4.69, 9.17) is 5.73 Å². The van der Waals surface area contributed by atoms with E-state index in [1.165, 1.54) is 4.68 Å². The Morgan fingerprint density at radius 2 is 1.84 bits per heavy atom. The maximum absolute atomic E-state index is 12.4. The van der Waals surface area contributed by atoms with Gasteiger partial charge in [-0.25, -0.2) is 8.42 Å². The Hall–Kier alpha value is -2.02. The lowest BCUT2D eigenvalue weighted by atomic mass is 10.1. The van der Waals surface area contributed by atoms with E-state index in [2.05, 4.69) is 9.82 Å². The van der Waals surface area contributed by atoms with Gasteiger partial charge in [0, 0.05) is 25.0 Å². The number of nitrogens with zero attached hydrogens (tertiary/aromatic N) is 2. The summed E-state index contributed by atoms with van der Waals surface area (Å²) < 4.78 is 28.7. The molecule has 0 aliphatic rings. The summed E-state index contributed by atoms with van der Waals surface area (Å²) in [5, 5.41) is 4.00. The molecule has 1 aromatic heterocycles. The van der Waals surface area contributed by atoms with Crippen LogP contribution >= 0.6 is 0 Å². The van der Waals surface area contributed by atoms with E-state index in [1.54, 1.807) is 45.3 Å². The first-order valence-electron chi connectivity index (χ1n) is 5.69. The quantitative estimate of drug-likeness (QED) is 0.832. The highest BCUT2D eigenvalue weighted by atomic mass is 32.2. The van der Waals surface area contributed by atoms with Gasteiger partial charge in [-0.1, -0.05) is 0 Å². The Labute approximate surface area is 112 Å². The van der Waals surface area contributed by atoms with Gasteiger partial charge in [-0.05, 0) is 37.1 Å². The SMILES string of the molecule is Cc1cc(N)cc(C)c1S(=O)(=O)Nc1ccn(C)n1. The first-order valence-corrected chi connectivity index (χ1v) is 7.17. The van der Waals surface area contributed by atoms with Crippen LogP contribution in [0.2, 0.25) is 0 Å². The first kappa shape index (κ1) is 13.4. The van der Waals surface area contributed by atoms with Gasteiger partial charge in [-0.15, -0.1) is 0 Å². The zero-order valence-corrected chi connectivity index (χ0v) is 11.8. The van der Waals surface area contributed by atoms with Crippen molar-refractivity contribution < 1.29 is 8.42 Å². The molecule has 0 amide bonds. The highest BCUT2D eigenvalue weighted by Crippen LogP contribution is 2.24. The fourth-order valence-corrected chi connectivity index (χ4v) is 3.52. The molecule has 0 radical (unpaired) electrons. The van der Waals surface area contributed by atoms with Crippen molar-refractivity contribution in [2.75, 3.05) is 10.5 Å². The zero-order chi connectivity index (χ0) is 14.2. The number of aromatic nitrogens is 2. The lowest BCUT2D eigenvalue weighted by Crippen LogP contribution is -2.16. The standard InChI is InChI=1S/C12H16N4O2S/c1-8-6-10(13)7-9(2)12(8)19(17,18)15-11-4-5-16(3)14-11/h4-7H,13H2,1-3H3,(H,14,15). The number of rotatable bonds is 3. The molecule has 2 rings (SSSR count). The van der Waals surface area contributed by atoms with Gasteiger partial charge in [0.2, 0.25) is 0 Å².